The van der Waals surface area contributed by atoms with Crippen molar-refractivity contribution in [2.45, 2.75) is 6.54 Å². The zero-order valence-corrected chi connectivity index (χ0v) is 18.5. The molecule has 0 amide bonds. The van der Waals surface area contributed by atoms with Crippen molar-refractivity contribution in [3.63, 3.8) is 0 Å². The Kier molecular flexibility index (Phi) is 7.63. The number of aliphatic hydroxyl groups excluding tert-OH is 3. The van der Waals surface area contributed by atoms with Crippen LogP contribution in [0.3, 0.4) is 0 Å². The summed E-state index contributed by atoms with van der Waals surface area (Å²) in [7, 11) is 0. The summed E-state index contributed by atoms with van der Waals surface area (Å²) < 4.78 is 1.89. The van der Waals surface area contributed by atoms with E-state index in [1.807, 2.05) is 21.7 Å². The second kappa shape index (κ2) is 10.8. The number of nitrogens with zero attached hydrogens (tertiary/aromatic N) is 4. The van der Waals surface area contributed by atoms with E-state index < -0.39 is 0 Å². The van der Waals surface area contributed by atoms with Crippen molar-refractivity contribution in [2.75, 3.05) is 64.4 Å². The molecule has 0 atom stereocenters. The summed E-state index contributed by atoms with van der Waals surface area (Å²) in [6.07, 6.45) is 3.31. The number of carbonyl (C=O) groups is 1. The number of pyridine rings is 1. The highest BCUT2D eigenvalue weighted by atomic mass is 16.3. The first kappa shape index (κ1) is 23.3. The first-order chi connectivity index (χ1) is 16.2. The Morgan fingerprint density at radius 2 is 1.76 bits per heavy atom. The van der Waals surface area contributed by atoms with Crippen LogP contribution >= 0.6 is 0 Å². The first-order valence-corrected chi connectivity index (χ1v) is 11.2. The molecule has 0 aliphatic heterocycles. The Bertz CT molecular complexity index is 1110. The molecule has 0 spiro atoms. The predicted octanol–water partition coefficient (Wildman–Crippen LogP) is -0.0769. The third-order valence-corrected chi connectivity index (χ3v) is 5.83. The first-order valence-electron chi connectivity index (χ1n) is 11.2. The average Bonchev–Trinajstić information content (AvgIpc) is 3.20. The van der Waals surface area contributed by atoms with E-state index in [1.165, 1.54) is 0 Å². The number of aliphatic hydroxyl groups is 3. The number of hydrogen-bond acceptors (Lipinski definition) is 9. The summed E-state index contributed by atoms with van der Waals surface area (Å²) in [6.45, 7) is 4.02. The predicted molar refractivity (Wildman–Crippen MR) is 125 cm³/mol. The van der Waals surface area contributed by atoms with E-state index in [0.29, 0.717) is 56.9 Å². The second-order valence-corrected chi connectivity index (χ2v) is 7.89. The number of anilines is 1. The van der Waals surface area contributed by atoms with Crippen molar-refractivity contribution in [1.82, 2.24) is 25.0 Å². The molecule has 0 unspecified atom stereocenters. The van der Waals surface area contributed by atoms with Gasteiger partial charge in [0.25, 0.3) is 0 Å². The summed E-state index contributed by atoms with van der Waals surface area (Å²) in [5.74, 6) is -0.0615. The van der Waals surface area contributed by atoms with Crippen molar-refractivity contribution in [2.24, 2.45) is 0 Å². The van der Waals surface area contributed by atoms with Crippen LogP contribution in [-0.4, -0.2) is 99.9 Å². The average molecular weight is 455 g/mol. The van der Waals surface area contributed by atoms with Gasteiger partial charge in [0.2, 0.25) is 0 Å². The number of ketones is 1. The maximum Gasteiger partial charge on any atom is 0.196 e. The fourth-order valence-electron chi connectivity index (χ4n) is 4.28. The number of carbonyl (C=O) groups excluding carboxylic acids is 1. The Hall–Kier alpha value is -2.89. The van der Waals surface area contributed by atoms with Crippen LogP contribution in [0, 0.1) is 0 Å². The van der Waals surface area contributed by atoms with Crippen LogP contribution in [-0.2, 0) is 6.54 Å². The van der Waals surface area contributed by atoms with Gasteiger partial charge in [-0.05, 0) is 18.2 Å². The molecule has 1 aliphatic carbocycles. The van der Waals surface area contributed by atoms with Crippen molar-refractivity contribution >= 4 is 22.4 Å². The molecule has 0 saturated carbocycles. The molecule has 0 saturated heterocycles. The Balaban J connectivity index is 1.67. The highest BCUT2D eigenvalue weighted by Crippen LogP contribution is 2.41. The third kappa shape index (κ3) is 4.75. The summed E-state index contributed by atoms with van der Waals surface area (Å²) in [5, 5.41) is 39.6. The smallest absolute Gasteiger partial charge is 0.196 e. The van der Waals surface area contributed by atoms with Crippen molar-refractivity contribution in [3.8, 4) is 11.3 Å². The number of hydrogen-bond donors (Lipinski definition) is 5. The number of rotatable bonds is 13. The Morgan fingerprint density at radius 3 is 2.52 bits per heavy atom. The molecule has 176 valence electrons. The number of benzene rings is 1. The van der Waals surface area contributed by atoms with Gasteiger partial charge in [0.1, 0.15) is 5.69 Å². The Labute approximate surface area is 191 Å². The van der Waals surface area contributed by atoms with Crippen LogP contribution in [0.1, 0.15) is 15.9 Å². The van der Waals surface area contributed by atoms with Gasteiger partial charge in [-0.15, -0.1) is 0 Å². The van der Waals surface area contributed by atoms with E-state index in [1.54, 1.807) is 18.5 Å². The van der Waals surface area contributed by atoms with Gasteiger partial charge < -0.3 is 26.0 Å². The minimum Gasteiger partial charge on any atom is -0.395 e. The molecular weight excluding hydrogens is 424 g/mol. The molecule has 0 radical (unpaired) electrons. The van der Waals surface area contributed by atoms with Crippen LogP contribution in [0.2, 0.25) is 0 Å². The van der Waals surface area contributed by atoms with Crippen LogP contribution in [0.5, 0.6) is 0 Å². The lowest BCUT2D eigenvalue weighted by molar-refractivity contribution is 0.104. The molecule has 2 heterocycles. The molecule has 4 rings (SSSR count). The highest BCUT2D eigenvalue weighted by Gasteiger charge is 2.31. The van der Waals surface area contributed by atoms with Crippen LogP contribution in [0.4, 0.5) is 5.69 Å². The van der Waals surface area contributed by atoms with E-state index in [9.17, 15) is 15.0 Å². The van der Waals surface area contributed by atoms with Gasteiger partial charge >= 0.3 is 0 Å². The lowest BCUT2D eigenvalue weighted by atomic mass is 9.87. The van der Waals surface area contributed by atoms with E-state index in [2.05, 4.69) is 15.6 Å². The van der Waals surface area contributed by atoms with E-state index in [-0.39, 0.29) is 25.6 Å². The maximum atomic E-state index is 13.5. The standard InChI is InChI=1S/C23H30N6O4/c30-12-7-24-5-9-29-19-2-1-18(26-6-8-28(10-13-31)11-14-32)20-21(19)22(27-29)17-15-25-4-3-16(17)23(20)33/h1-4,15,24,26,30-32H,5-14H2. The fraction of sp³-hybridized carbons (Fsp3) is 0.435. The summed E-state index contributed by atoms with van der Waals surface area (Å²) in [5.41, 5.74) is 4.28. The molecule has 5 N–H and O–H groups in total. The SMILES string of the molecule is O=C1c2ccncc2-c2nn(CCNCCO)c3ccc(NCCN(CCO)CCO)c1c23. The van der Waals surface area contributed by atoms with E-state index >= 15 is 0 Å². The number of aromatic nitrogens is 3. The van der Waals surface area contributed by atoms with Gasteiger partial charge in [-0.25, -0.2) is 0 Å². The fourth-order valence-corrected chi connectivity index (χ4v) is 4.28. The lowest BCUT2D eigenvalue weighted by Gasteiger charge is -2.22. The molecule has 0 bridgehead atoms. The van der Waals surface area contributed by atoms with Gasteiger partial charge in [-0.1, -0.05) is 0 Å². The molecule has 10 heteroatoms. The summed E-state index contributed by atoms with van der Waals surface area (Å²) in [4.78, 5) is 19.7. The minimum absolute atomic E-state index is 0.0240. The quantitative estimate of drug-likeness (QED) is 0.176. The summed E-state index contributed by atoms with van der Waals surface area (Å²) in [6, 6.07) is 5.61. The van der Waals surface area contributed by atoms with Crippen LogP contribution in [0.25, 0.3) is 22.2 Å². The third-order valence-electron chi connectivity index (χ3n) is 5.83. The lowest BCUT2D eigenvalue weighted by Crippen LogP contribution is -2.34. The van der Waals surface area contributed by atoms with Crippen molar-refractivity contribution in [1.29, 1.82) is 0 Å². The van der Waals surface area contributed by atoms with Gasteiger partial charge in [-0.3, -0.25) is 19.4 Å². The Morgan fingerprint density at radius 1 is 0.939 bits per heavy atom. The number of nitrogens with one attached hydrogen (secondary N) is 2. The molecule has 0 fully saturated rings. The molecule has 3 aromatic rings. The molecule has 2 aromatic heterocycles. The van der Waals surface area contributed by atoms with E-state index in [0.717, 1.165) is 27.8 Å². The monoisotopic (exact) mass is 454 g/mol. The zero-order chi connectivity index (χ0) is 23.2. The number of fused-ring (bicyclic) bond motifs is 2. The van der Waals surface area contributed by atoms with E-state index in [4.69, 9.17) is 10.2 Å². The van der Waals surface area contributed by atoms with Crippen LogP contribution in [0.15, 0.2) is 30.6 Å². The normalized spacial score (nSPS) is 12.5. The van der Waals surface area contributed by atoms with Crippen LogP contribution < -0.4 is 10.6 Å². The summed E-state index contributed by atoms with van der Waals surface area (Å²) >= 11 is 0. The molecule has 1 aliphatic rings. The molecule has 1 aromatic carbocycles. The maximum absolute atomic E-state index is 13.5. The van der Waals surface area contributed by atoms with Crippen molar-refractivity contribution in [3.05, 3.63) is 41.7 Å². The minimum atomic E-state index is -0.0615. The van der Waals surface area contributed by atoms with Gasteiger partial charge in [0, 0.05) is 73.9 Å². The molecule has 10 nitrogen and oxygen atoms in total. The van der Waals surface area contributed by atoms with Gasteiger partial charge in [0.05, 0.1) is 37.4 Å². The topological polar surface area (TPSA) is 136 Å². The highest BCUT2D eigenvalue weighted by molar-refractivity contribution is 6.27. The van der Waals surface area contributed by atoms with Crippen molar-refractivity contribution < 1.29 is 20.1 Å². The molecular formula is C23H30N6O4. The van der Waals surface area contributed by atoms with Gasteiger partial charge in [-0.2, -0.15) is 5.10 Å². The largest absolute Gasteiger partial charge is 0.395 e. The second-order valence-electron chi connectivity index (χ2n) is 7.89. The zero-order valence-electron chi connectivity index (χ0n) is 18.5. The van der Waals surface area contributed by atoms with Gasteiger partial charge in [0.15, 0.2) is 5.78 Å². The molecule has 33 heavy (non-hydrogen) atoms.